The van der Waals surface area contributed by atoms with Crippen molar-refractivity contribution in [2.75, 3.05) is 0 Å². The summed E-state index contributed by atoms with van der Waals surface area (Å²) in [6.45, 7) is 6.01. The fourth-order valence-corrected chi connectivity index (χ4v) is 4.47. The molecule has 0 radical (unpaired) electrons. The Balaban J connectivity index is 1.97. The Bertz CT molecular complexity index is 438. The fraction of sp³-hybridized carbons (Fsp3) is 0.684. The van der Waals surface area contributed by atoms with Gasteiger partial charge in [0.25, 0.3) is 0 Å². The van der Waals surface area contributed by atoms with Crippen LogP contribution in [0, 0.1) is 31.5 Å². The van der Waals surface area contributed by atoms with Crippen LogP contribution < -0.4 is 0 Å². The van der Waals surface area contributed by atoms with Crippen molar-refractivity contribution in [2.45, 2.75) is 70.5 Å². The molecule has 1 fully saturated rings. The highest BCUT2D eigenvalue weighted by Crippen LogP contribution is 2.43. The first-order valence-corrected chi connectivity index (χ1v) is 9.35. The van der Waals surface area contributed by atoms with E-state index in [0.717, 1.165) is 17.0 Å². The van der Waals surface area contributed by atoms with E-state index in [9.17, 15) is 4.39 Å². The van der Waals surface area contributed by atoms with Crippen LogP contribution in [0.15, 0.2) is 12.1 Å². The first kappa shape index (κ1) is 17.0. The van der Waals surface area contributed by atoms with E-state index in [4.69, 9.17) is 0 Å². The second-order valence-corrected chi connectivity index (χ2v) is 7.78. The van der Waals surface area contributed by atoms with Gasteiger partial charge in [0.05, 0.1) is 0 Å². The highest BCUT2D eigenvalue weighted by atomic mass is 79.9. The molecular formula is C19H28BrF. The van der Waals surface area contributed by atoms with Crippen LogP contribution in [0.5, 0.6) is 0 Å². The number of alkyl halides is 1. The van der Waals surface area contributed by atoms with Gasteiger partial charge in [0.2, 0.25) is 0 Å². The predicted octanol–water partition coefficient (Wildman–Crippen LogP) is 6.88. The normalized spacial score (nSPS) is 24.0. The Kier molecular flexibility index (Phi) is 6.28. The molecule has 0 spiro atoms. The lowest BCUT2D eigenvalue weighted by atomic mass is 9.77. The van der Waals surface area contributed by atoms with Gasteiger partial charge < -0.3 is 0 Å². The standard InChI is InChI=1S/C19H28BrF/c1-4-5-6-15-7-9-16(10-8-15)18(20)17-11-13(2)19(21)14(3)12-17/h11-12,15-16,18H,4-10H2,1-3H3. The Morgan fingerprint density at radius 1 is 1.14 bits per heavy atom. The molecule has 0 amide bonds. The molecule has 0 bridgehead atoms. The highest BCUT2D eigenvalue weighted by molar-refractivity contribution is 9.09. The zero-order valence-electron chi connectivity index (χ0n) is 13.6. The van der Waals surface area contributed by atoms with Crippen molar-refractivity contribution in [1.29, 1.82) is 0 Å². The van der Waals surface area contributed by atoms with Crippen LogP contribution in [0.2, 0.25) is 0 Å². The van der Waals surface area contributed by atoms with Crippen LogP contribution in [0.1, 0.15) is 73.4 Å². The van der Waals surface area contributed by atoms with Gasteiger partial charge >= 0.3 is 0 Å². The van der Waals surface area contributed by atoms with Gasteiger partial charge in [-0.15, -0.1) is 0 Å². The highest BCUT2D eigenvalue weighted by Gasteiger charge is 2.27. The summed E-state index contributed by atoms with van der Waals surface area (Å²) in [5.74, 6) is 1.59. The SMILES string of the molecule is CCCCC1CCC(C(Br)c2cc(C)c(F)c(C)c2)CC1. The number of rotatable bonds is 5. The molecule has 0 heterocycles. The molecular weight excluding hydrogens is 327 g/mol. The number of unbranched alkanes of at least 4 members (excludes halogenated alkanes) is 1. The molecule has 21 heavy (non-hydrogen) atoms. The summed E-state index contributed by atoms with van der Waals surface area (Å²) in [7, 11) is 0. The Morgan fingerprint density at radius 3 is 2.24 bits per heavy atom. The zero-order chi connectivity index (χ0) is 15.4. The van der Waals surface area contributed by atoms with Gasteiger partial charge in [-0.05, 0) is 55.2 Å². The quantitative estimate of drug-likeness (QED) is 0.505. The summed E-state index contributed by atoms with van der Waals surface area (Å²) >= 11 is 3.89. The van der Waals surface area contributed by atoms with Gasteiger partial charge in [-0.2, -0.15) is 0 Å². The van der Waals surface area contributed by atoms with E-state index < -0.39 is 0 Å². The van der Waals surface area contributed by atoms with Crippen LogP contribution >= 0.6 is 15.9 Å². The molecule has 1 aromatic carbocycles. The molecule has 0 N–H and O–H groups in total. The third-order valence-corrected chi connectivity index (χ3v) is 6.32. The molecule has 0 nitrogen and oxygen atoms in total. The van der Waals surface area contributed by atoms with Gasteiger partial charge in [-0.3, -0.25) is 0 Å². The first-order chi connectivity index (χ1) is 10.0. The molecule has 1 saturated carbocycles. The maximum atomic E-state index is 13.8. The van der Waals surface area contributed by atoms with E-state index in [1.54, 1.807) is 0 Å². The van der Waals surface area contributed by atoms with Crippen molar-refractivity contribution in [2.24, 2.45) is 11.8 Å². The molecule has 118 valence electrons. The van der Waals surface area contributed by atoms with E-state index in [-0.39, 0.29) is 5.82 Å². The summed E-state index contributed by atoms with van der Waals surface area (Å²) in [5.41, 5.74) is 2.79. The minimum absolute atomic E-state index is 0.0540. The summed E-state index contributed by atoms with van der Waals surface area (Å²) in [5, 5.41) is 0. The number of halogens is 2. The van der Waals surface area contributed by atoms with Gasteiger partial charge in [-0.1, -0.05) is 67.1 Å². The smallest absolute Gasteiger partial charge is 0.129 e. The minimum atomic E-state index is -0.0540. The number of aryl methyl sites for hydroxylation is 2. The van der Waals surface area contributed by atoms with Crippen molar-refractivity contribution in [1.82, 2.24) is 0 Å². The van der Waals surface area contributed by atoms with Crippen LogP contribution in [-0.4, -0.2) is 0 Å². The van der Waals surface area contributed by atoms with Crippen molar-refractivity contribution >= 4 is 15.9 Å². The van der Waals surface area contributed by atoms with Crippen LogP contribution in [0.3, 0.4) is 0 Å². The Labute approximate surface area is 137 Å². The van der Waals surface area contributed by atoms with Crippen molar-refractivity contribution in [3.63, 3.8) is 0 Å². The van der Waals surface area contributed by atoms with Crippen molar-refractivity contribution in [3.8, 4) is 0 Å². The summed E-state index contributed by atoms with van der Waals surface area (Å²) < 4.78 is 13.8. The molecule has 1 aliphatic rings. The first-order valence-electron chi connectivity index (χ1n) is 8.43. The van der Waals surface area contributed by atoms with E-state index in [1.807, 2.05) is 26.0 Å². The van der Waals surface area contributed by atoms with Gasteiger partial charge in [-0.25, -0.2) is 4.39 Å². The van der Waals surface area contributed by atoms with Crippen LogP contribution in [0.25, 0.3) is 0 Å². The lowest BCUT2D eigenvalue weighted by molar-refractivity contribution is 0.257. The zero-order valence-corrected chi connectivity index (χ0v) is 15.2. The molecule has 0 saturated heterocycles. The predicted molar refractivity (Wildman–Crippen MR) is 92.5 cm³/mol. The maximum Gasteiger partial charge on any atom is 0.129 e. The average molecular weight is 355 g/mol. The fourth-order valence-electron chi connectivity index (χ4n) is 3.67. The number of benzene rings is 1. The lowest BCUT2D eigenvalue weighted by Crippen LogP contribution is -2.18. The lowest BCUT2D eigenvalue weighted by Gasteiger charge is -2.32. The van der Waals surface area contributed by atoms with E-state index >= 15 is 0 Å². The molecule has 1 aliphatic carbocycles. The van der Waals surface area contributed by atoms with Crippen LogP contribution in [-0.2, 0) is 0 Å². The summed E-state index contributed by atoms with van der Waals surface area (Å²) in [6.07, 6.45) is 9.45. The van der Waals surface area contributed by atoms with Gasteiger partial charge in [0.1, 0.15) is 5.82 Å². The summed E-state index contributed by atoms with van der Waals surface area (Å²) in [6, 6.07) is 4.04. The monoisotopic (exact) mass is 354 g/mol. The Hall–Kier alpha value is -0.370. The van der Waals surface area contributed by atoms with Crippen molar-refractivity contribution in [3.05, 3.63) is 34.6 Å². The topological polar surface area (TPSA) is 0 Å². The second kappa shape index (κ2) is 7.76. The van der Waals surface area contributed by atoms with Crippen LogP contribution in [0.4, 0.5) is 4.39 Å². The molecule has 2 rings (SSSR count). The average Bonchev–Trinajstić information content (AvgIpc) is 2.50. The maximum absolute atomic E-state index is 13.8. The largest absolute Gasteiger partial charge is 0.206 e. The minimum Gasteiger partial charge on any atom is -0.206 e. The second-order valence-electron chi connectivity index (χ2n) is 6.79. The number of hydrogen-bond acceptors (Lipinski definition) is 0. The summed E-state index contributed by atoms with van der Waals surface area (Å²) in [4.78, 5) is 0.377. The third-order valence-electron chi connectivity index (χ3n) is 5.05. The number of hydrogen-bond donors (Lipinski definition) is 0. The Morgan fingerprint density at radius 2 is 1.71 bits per heavy atom. The molecule has 1 atom stereocenters. The molecule has 2 heteroatoms. The molecule has 0 aliphatic heterocycles. The molecule has 0 aromatic heterocycles. The van der Waals surface area contributed by atoms with E-state index in [1.165, 1.54) is 50.5 Å². The third kappa shape index (κ3) is 4.31. The van der Waals surface area contributed by atoms with Crippen molar-refractivity contribution < 1.29 is 4.39 Å². The van der Waals surface area contributed by atoms with E-state index in [0.29, 0.717) is 10.7 Å². The van der Waals surface area contributed by atoms with Gasteiger partial charge in [0, 0.05) is 4.83 Å². The van der Waals surface area contributed by atoms with E-state index in [2.05, 4.69) is 22.9 Å². The molecule has 1 unspecified atom stereocenters. The molecule has 1 aromatic rings. The van der Waals surface area contributed by atoms with Gasteiger partial charge in [0.15, 0.2) is 0 Å².